The summed E-state index contributed by atoms with van der Waals surface area (Å²) in [5, 5.41) is 0. The number of benzene rings is 1. The zero-order valence-corrected chi connectivity index (χ0v) is 15.0. The second-order valence-corrected chi connectivity index (χ2v) is 7.47. The highest BCUT2D eigenvalue weighted by atomic mass is 35.5. The van der Waals surface area contributed by atoms with Gasteiger partial charge in [0.1, 0.15) is 23.7 Å². The van der Waals surface area contributed by atoms with E-state index in [2.05, 4.69) is 4.98 Å². The van der Waals surface area contributed by atoms with Gasteiger partial charge in [-0.05, 0) is 35.9 Å². The molecule has 0 radical (unpaired) electrons. The normalized spacial score (nSPS) is 11.0. The molecule has 0 N–H and O–H groups in total. The summed E-state index contributed by atoms with van der Waals surface area (Å²) in [5.74, 6) is -0.860. The minimum absolute atomic E-state index is 0.357. The molecule has 6 heteroatoms. The first kappa shape index (κ1) is 16.9. The van der Waals surface area contributed by atoms with E-state index < -0.39 is 11.6 Å². The van der Waals surface area contributed by atoms with Crippen LogP contribution in [0.15, 0.2) is 65.5 Å². The number of rotatable bonds is 4. The van der Waals surface area contributed by atoms with Crippen LogP contribution in [0.25, 0.3) is 21.8 Å². The number of aromatic nitrogens is 1. The number of hydrogen-bond donors (Lipinski definition) is 0. The Hall–Kier alpha value is -2.50. The van der Waals surface area contributed by atoms with E-state index in [1.165, 1.54) is 23.5 Å². The van der Waals surface area contributed by atoms with Crippen molar-refractivity contribution >= 4 is 22.9 Å². The van der Waals surface area contributed by atoms with E-state index in [-0.39, 0.29) is 0 Å². The Labute approximate surface area is 157 Å². The maximum absolute atomic E-state index is 13.7. The Morgan fingerprint density at radius 3 is 2.54 bits per heavy atom. The minimum atomic E-state index is -0.649. The number of thiophene rings is 1. The third-order valence-corrected chi connectivity index (χ3v) is 5.23. The van der Waals surface area contributed by atoms with Crippen LogP contribution in [0.1, 0.15) is 11.1 Å². The van der Waals surface area contributed by atoms with Crippen molar-refractivity contribution in [3.05, 3.63) is 88.2 Å². The van der Waals surface area contributed by atoms with Crippen LogP contribution in [-0.4, -0.2) is 4.98 Å². The Kier molecular flexibility index (Phi) is 4.57. The highest BCUT2D eigenvalue weighted by Gasteiger charge is 2.19. The van der Waals surface area contributed by atoms with Crippen molar-refractivity contribution in [2.45, 2.75) is 6.42 Å². The first-order chi connectivity index (χ1) is 12.6. The maximum atomic E-state index is 13.7. The second kappa shape index (κ2) is 7.02. The number of nitrogens with zero attached hydrogens (tertiary/aromatic N) is 1. The maximum Gasteiger partial charge on any atom is 0.138 e. The molecule has 26 heavy (non-hydrogen) atoms. The predicted molar refractivity (Wildman–Crippen MR) is 99.4 cm³/mol. The molecule has 0 aliphatic carbocycles. The Morgan fingerprint density at radius 2 is 1.88 bits per heavy atom. The lowest BCUT2D eigenvalue weighted by molar-refractivity contribution is 0.568. The second-order valence-electron chi connectivity index (χ2n) is 5.76. The summed E-state index contributed by atoms with van der Waals surface area (Å²) in [6.07, 6.45) is 5.57. The Bertz CT molecular complexity index is 1040. The van der Waals surface area contributed by atoms with Crippen LogP contribution in [0.3, 0.4) is 0 Å². The van der Waals surface area contributed by atoms with Crippen molar-refractivity contribution in [2.24, 2.45) is 0 Å². The smallest absolute Gasteiger partial charge is 0.138 e. The fourth-order valence-corrected chi connectivity index (χ4v) is 3.93. The van der Waals surface area contributed by atoms with Crippen molar-refractivity contribution in [2.75, 3.05) is 0 Å². The van der Waals surface area contributed by atoms with Crippen LogP contribution in [0.5, 0.6) is 0 Å². The molecule has 0 aliphatic heterocycles. The third-order valence-electron chi connectivity index (χ3n) is 3.96. The van der Waals surface area contributed by atoms with Gasteiger partial charge in [0.2, 0.25) is 0 Å². The van der Waals surface area contributed by atoms with Crippen LogP contribution in [0.2, 0.25) is 4.34 Å². The van der Waals surface area contributed by atoms with Gasteiger partial charge in [0.15, 0.2) is 0 Å². The number of halogens is 3. The molecule has 130 valence electrons. The van der Waals surface area contributed by atoms with E-state index in [9.17, 15) is 8.78 Å². The molecular weight excluding hydrogens is 376 g/mol. The van der Waals surface area contributed by atoms with Crippen LogP contribution in [-0.2, 0) is 6.42 Å². The zero-order valence-electron chi connectivity index (χ0n) is 13.4. The summed E-state index contributed by atoms with van der Waals surface area (Å²) in [4.78, 5) is 5.06. The summed E-state index contributed by atoms with van der Waals surface area (Å²) in [6.45, 7) is 0. The molecule has 0 aliphatic rings. The highest BCUT2D eigenvalue weighted by Crippen LogP contribution is 2.40. The summed E-state index contributed by atoms with van der Waals surface area (Å²) >= 11 is 7.49. The quantitative estimate of drug-likeness (QED) is 0.394. The van der Waals surface area contributed by atoms with Gasteiger partial charge in [-0.1, -0.05) is 17.7 Å². The van der Waals surface area contributed by atoms with Crippen molar-refractivity contribution in [3.63, 3.8) is 0 Å². The SMILES string of the molecule is Fc1cc(F)cc(-c2occ(-c3ccc(Cl)s3)c2Cc2cccnc2)c1. The lowest BCUT2D eigenvalue weighted by Gasteiger charge is -2.06. The van der Waals surface area contributed by atoms with E-state index in [4.69, 9.17) is 16.0 Å². The topological polar surface area (TPSA) is 26.0 Å². The average molecular weight is 388 g/mol. The van der Waals surface area contributed by atoms with Crippen LogP contribution in [0.4, 0.5) is 8.78 Å². The molecular formula is C20H12ClF2NOS. The van der Waals surface area contributed by atoms with E-state index in [1.807, 2.05) is 24.3 Å². The molecule has 3 heterocycles. The fourth-order valence-electron chi connectivity index (χ4n) is 2.86. The number of hydrogen-bond acceptors (Lipinski definition) is 3. The van der Waals surface area contributed by atoms with Gasteiger partial charge in [-0.25, -0.2) is 8.78 Å². The van der Waals surface area contributed by atoms with Gasteiger partial charge >= 0.3 is 0 Å². The standard InChI is InChI=1S/C20H12ClF2NOS/c21-19-4-3-18(26-19)17-11-25-20(13-7-14(22)9-15(23)8-13)16(17)6-12-2-1-5-24-10-12/h1-5,7-11H,6H2. The molecule has 0 atom stereocenters. The number of furan rings is 1. The molecule has 0 saturated heterocycles. The predicted octanol–water partition coefficient (Wildman–Crippen LogP) is 6.59. The van der Waals surface area contributed by atoms with Crippen LogP contribution >= 0.6 is 22.9 Å². The Morgan fingerprint density at radius 1 is 1.08 bits per heavy atom. The van der Waals surface area contributed by atoms with Gasteiger partial charge in [0.05, 0.1) is 4.34 Å². The summed E-state index contributed by atoms with van der Waals surface area (Å²) in [5.41, 5.74) is 3.01. The molecule has 0 amide bonds. The van der Waals surface area contributed by atoms with Gasteiger partial charge < -0.3 is 4.42 Å². The largest absolute Gasteiger partial charge is 0.463 e. The molecule has 4 rings (SSSR count). The lowest BCUT2D eigenvalue weighted by Crippen LogP contribution is -1.93. The molecule has 0 fully saturated rings. The van der Waals surface area contributed by atoms with Gasteiger partial charge in [-0.15, -0.1) is 11.3 Å². The van der Waals surface area contributed by atoms with E-state index >= 15 is 0 Å². The van der Waals surface area contributed by atoms with Crippen molar-refractivity contribution < 1.29 is 13.2 Å². The monoisotopic (exact) mass is 387 g/mol. The minimum Gasteiger partial charge on any atom is -0.463 e. The molecule has 0 unspecified atom stereocenters. The summed E-state index contributed by atoms with van der Waals surface area (Å²) in [6, 6.07) is 10.9. The summed E-state index contributed by atoms with van der Waals surface area (Å²) < 4.78 is 33.8. The van der Waals surface area contributed by atoms with Gasteiger partial charge in [-0.3, -0.25) is 4.98 Å². The van der Waals surface area contributed by atoms with Gasteiger partial charge in [-0.2, -0.15) is 0 Å². The third kappa shape index (κ3) is 3.41. The van der Waals surface area contributed by atoms with Gasteiger partial charge in [0, 0.05) is 46.4 Å². The van der Waals surface area contributed by atoms with E-state index in [0.29, 0.717) is 22.1 Å². The van der Waals surface area contributed by atoms with Crippen molar-refractivity contribution in [3.8, 4) is 21.8 Å². The first-order valence-corrected chi connectivity index (χ1v) is 9.01. The molecule has 4 aromatic rings. The van der Waals surface area contributed by atoms with Gasteiger partial charge in [0.25, 0.3) is 0 Å². The molecule has 2 nitrogen and oxygen atoms in total. The molecule has 1 aromatic carbocycles. The lowest BCUT2D eigenvalue weighted by atomic mass is 9.98. The van der Waals surface area contributed by atoms with Crippen LogP contribution in [0, 0.1) is 11.6 Å². The van der Waals surface area contributed by atoms with Crippen molar-refractivity contribution in [1.29, 1.82) is 0 Å². The average Bonchev–Trinajstić information content (AvgIpc) is 3.21. The summed E-state index contributed by atoms with van der Waals surface area (Å²) in [7, 11) is 0. The molecule has 0 spiro atoms. The fraction of sp³-hybridized carbons (Fsp3) is 0.0500. The van der Waals surface area contributed by atoms with Crippen LogP contribution < -0.4 is 0 Å². The van der Waals surface area contributed by atoms with E-state index in [1.54, 1.807) is 18.7 Å². The Balaban J connectivity index is 1.87. The first-order valence-electron chi connectivity index (χ1n) is 7.81. The zero-order chi connectivity index (χ0) is 18.1. The molecule has 3 aromatic heterocycles. The van der Waals surface area contributed by atoms with E-state index in [0.717, 1.165) is 27.6 Å². The number of pyridine rings is 1. The molecule has 0 saturated carbocycles. The highest BCUT2D eigenvalue weighted by molar-refractivity contribution is 7.19. The van der Waals surface area contributed by atoms with Crippen molar-refractivity contribution in [1.82, 2.24) is 4.98 Å². The molecule has 0 bridgehead atoms.